The molecule has 0 aliphatic heterocycles. The smallest absolute Gasteiger partial charge is 0.243 e. The molecule has 8 heteroatoms. The molecule has 0 spiro atoms. The van der Waals surface area contributed by atoms with Crippen molar-refractivity contribution in [1.29, 1.82) is 0 Å². The standard InChI is InChI=1S/C32H38N4O3S/c1-23(2)21-35(40(38,39)28-18-14-26(15-19-28)32(4,5)6)22-31(37)33-30-20-29(25-10-8-7-9-11-25)34-36(30)27-16-12-24(3)13-17-27/h7-20,23H,21-22H2,1-6H3,(H,33,37). The second-order valence-electron chi connectivity index (χ2n) is 11.5. The van der Waals surface area contributed by atoms with Crippen LogP contribution in [0.1, 0.15) is 45.7 Å². The topological polar surface area (TPSA) is 84.3 Å². The third-order valence-electron chi connectivity index (χ3n) is 6.57. The molecular weight excluding hydrogens is 520 g/mol. The zero-order chi connectivity index (χ0) is 29.1. The highest BCUT2D eigenvalue weighted by Gasteiger charge is 2.28. The largest absolute Gasteiger partial charge is 0.309 e. The Bertz CT molecular complexity index is 1550. The van der Waals surface area contributed by atoms with E-state index < -0.39 is 15.9 Å². The number of carbonyl (C=O) groups is 1. The van der Waals surface area contributed by atoms with Gasteiger partial charge in [0, 0.05) is 18.2 Å². The molecule has 3 aromatic carbocycles. The van der Waals surface area contributed by atoms with Crippen molar-refractivity contribution in [1.82, 2.24) is 14.1 Å². The normalized spacial score (nSPS) is 12.2. The summed E-state index contributed by atoms with van der Waals surface area (Å²) in [5.41, 5.74) is 4.44. The Hall–Kier alpha value is -3.75. The highest BCUT2D eigenvalue weighted by molar-refractivity contribution is 7.89. The number of nitrogens with one attached hydrogen (secondary N) is 1. The molecule has 7 nitrogen and oxygen atoms in total. The lowest BCUT2D eigenvalue weighted by atomic mass is 9.87. The van der Waals surface area contributed by atoms with Crippen molar-refractivity contribution in [2.45, 2.75) is 51.9 Å². The van der Waals surface area contributed by atoms with Crippen molar-refractivity contribution in [3.8, 4) is 16.9 Å². The number of carbonyl (C=O) groups excluding carboxylic acids is 1. The van der Waals surface area contributed by atoms with Crippen molar-refractivity contribution in [3.63, 3.8) is 0 Å². The predicted octanol–water partition coefficient (Wildman–Crippen LogP) is 6.43. The van der Waals surface area contributed by atoms with Gasteiger partial charge in [-0.1, -0.05) is 94.8 Å². The molecule has 0 fully saturated rings. The molecule has 0 bridgehead atoms. The van der Waals surface area contributed by atoms with Crippen LogP contribution in [0.4, 0.5) is 5.82 Å². The van der Waals surface area contributed by atoms with Crippen LogP contribution in [0.15, 0.2) is 89.8 Å². The number of hydrogen-bond donors (Lipinski definition) is 1. The first-order valence-electron chi connectivity index (χ1n) is 13.5. The van der Waals surface area contributed by atoms with Crippen LogP contribution in [-0.2, 0) is 20.2 Å². The van der Waals surface area contributed by atoms with E-state index in [4.69, 9.17) is 5.10 Å². The van der Waals surface area contributed by atoms with E-state index in [1.807, 2.05) is 87.5 Å². The quantitative estimate of drug-likeness (QED) is 0.257. The molecule has 0 radical (unpaired) electrons. The van der Waals surface area contributed by atoms with Crippen LogP contribution in [-0.4, -0.2) is 41.5 Å². The van der Waals surface area contributed by atoms with E-state index in [9.17, 15) is 13.2 Å². The molecule has 0 saturated heterocycles. The van der Waals surface area contributed by atoms with Crippen LogP contribution >= 0.6 is 0 Å². The van der Waals surface area contributed by atoms with Crippen molar-refractivity contribution >= 4 is 21.7 Å². The number of aryl methyl sites for hydroxylation is 1. The van der Waals surface area contributed by atoms with Gasteiger partial charge < -0.3 is 5.32 Å². The molecule has 40 heavy (non-hydrogen) atoms. The molecule has 1 aromatic heterocycles. The van der Waals surface area contributed by atoms with E-state index in [2.05, 4.69) is 26.1 Å². The maximum absolute atomic E-state index is 13.7. The van der Waals surface area contributed by atoms with E-state index in [0.717, 1.165) is 22.4 Å². The Morgan fingerprint density at radius 2 is 1.57 bits per heavy atom. The summed E-state index contributed by atoms with van der Waals surface area (Å²) in [6.45, 7) is 12.0. The van der Waals surface area contributed by atoms with Gasteiger partial charge in [0.25, 0.3) is 0 Å². The number of amides is 1. The Balaban J connectivity index is 1.63. The SMILES string of the molecule is Cc1ccc(-n2nc(-c3ccccc3)cc2NC(=O)CN(CC(C)C)S(=O)(=O)c2ccc(C(C)(C)C)cc2)cc1. The van der Waals surface area contributed by atoms with E-state index in [1.54, 1.807) is 22.9 Å². The van der Waals surface area contributed by atoms with Crippen molar-refractivity contribution in [3.05, 3.63) is 96.1 Å². The number of benzene rings is 3. The lowest BCUT2D eigenvalue weighted by Crippen LogP contribution is -2.40. The summed E-state index contributed by atoms with van der Waals surface area (Å²) in [7, 11) is -3.90. The van der Waals surface area contributed by atoms with Crippen molar-refractivity contribution in [2.75, 3.05) is 18.4 Å². The van der Waals surface area contributed by atoms with Crippen LogP contribution in [0, 0.1) is 12.8 Å². The lowest BCUT2D eigenvalue weighted by molar-refractivity contribution is -0.116. The first-order valence-corrected chi connectivity index (χ1v) is 14.9. The van der Waals surface area contributed by atoms with Gasteiger partial charge in [-0.3, -0.25) is 4.79 Å². The van der Waals surface area contributed by atoms with Gasteiger partial charge in [0.1, 0.15) is 5.82 Å². The van der Waals surface area contributed by atoms with Crippen molar-refractivity contribution in [2.24, 2.45) is 5.92 Å². The van der Waals surface area contributed by atoms with Gasteiger partial charge in [-0.25, -0.2) is 13.1 Å². The second-order valence-corrected chi connectivity index (χ2v) is 13.5. The fourth-order valence-corrected chi connectivity index (χ4v) is 5.94. The van der Waals surface area contributed by atoms with E-state index in [0.29, 0.717) is 11.5 Å². The average molecular weight is 559 g/mol. The minimum Gasteiger partial charge on any atom is -0.309 e. The Kier molecular flexibility index (Phi) is 8.61. The van der Waals surface area contributed by atoms with Gasteiger partial charge in [0.2, 0.25) is 15.9 Å². The lowest BCUT2D eigenvalue weighted by Gasteiger charge is -2.24. The zero-order valence-corrected chi connectivity index (χ0v) is 24.9. The highest BCUT2D eigenvalue weighted by Crippen LogP contribution is 2.27. The van der Waals surface area contributed by atoms with Crippen LogP contribution in [0.2, 0.25) is 0 Å². The Labute approximate surface area is 237 Å². The highest BCUT2D eigenvalue weighted by atomic mass is 32.2. The molecular formula is C32H38N4O3S. The molecule has 210 valence electrons. The molecule has 1 amide bonds. The molecule has 0 saturated carbocycles. The molecule has 0 unspecified atom stereocenters. The molecule has 0 atom stereocenters. The van der Waals surface area contributed by atoms with E-state index in [-0.39, 0.29) is 29.3 Å². The summed E-state index contributed by atoms with van der Waals surface area (Å²) >= 11 is 0. The van der Waals surface area contributed by atoms with E-state index in [1.165, 1.54) is 4.31 Å². The van der Waals surface area contributed by atoms with Crippen molar-refractivity contribution < 1.29 is 13.2 Å². The summed E-state index contributed by atoms with van der Waals surface area (Å²) in [4.78, 5) is 13.6. The number of anilines is 1. The summed E-state index contributed by atoms with van der Waals surface area (Å²) in [6, 6.07) is 26.3. The van der Waals surface area contributed by atoms with Crippen LogP contribution in [0.25, 0.3) is 16.9 Å². The van der Waals surface area contributed by atoms with Gasteiger partial charge in [-0.15, -0.1) is 0 Å². The number of rotatable bonds is 9. The van der Waals surface area contributed by atoms with Gasteiger partial charge in [0.15, 0.2) is 0 Å². The summed E-state index contributed by atoms with van der Waals surface area (Å²) in [5.74, 6) is 0.0479. The zero-order valence-electron chi connectivity index (χ0n) is 24.0. The molecule has 4 aromatic rings. The molecule has 0 aliphatic carbocycles. The Morgan fingerprint density at radius 1 is 0.950 bits per heavy atom. The minimum atomic E-state index is -3.90. The van der Waals surface area contributed by atoms with Crippen LogP contribution in [0.5, 0.6) is 0 Å². The van der Waals surface area contributed by atoms with Gasteiger partial charge in [-0.2, -0.15) is 9.40 Å². The van der Waals surface area contributed by atoms with Gasteiger partial charge >= 0.3 is 0 Å². The number of hydrogen-bond acceptors (Lipinski definition) is 4. The first-order chi connectivity index (χ1) is 18.8. The summed E-state index contributed by atoms with van der Waals surface area (Å²) < 4.78 is 30.2. The molecule has 4 rings (SSSR count). The van der Waals surface area contributed by atoms with Crippen LogP contribution in [0.3, 0.4) is 0 Å². The maximum Gasteiger partial charge on any atom is 0.243 e. The third-order valence-corrected chi connectivity index (χ3v) is 8.40. The fraction of sp³-hybridized carbons (Fsp3) is 0.312. The summed E-state index contributed by atoms with van der Waals surface area (Å²) in [6.07, 6.45) is 0. The third kappa shape index (κ3) is 6.87. The van der Waals surface area contributed by atoms with E-state index >= 15 is 0 Å². The molecule has 0 aliphatic rings. The van der Waals surface area contributed by atoms with Crippen LogP contribution < -0.4 is 5.32 Å². The monoisotopic (exact) mass is 558 g/mol. The number of nitrogens with zero attached hydrogens (tertiary/aromatic N) is 3. The predicted molar refractivity (Wildman–Crippen MR) is 161 cm³/mol. The molecule has 1 N–H and O–H groups in total. The minimum absolute atomic E-state index is 0.0270. The number of aromatic nitrogens is 2. The summed E-state index contributed by atoms with van der Waals surface area (Å²) in [5, 5.41) is 7.68. The number of sulfonamides is 1. The average Bonchev–Trinajstić information content (AvgIpc) is 3.32. The second kappa shape index (κ2) is 11.8. The maximum atomic E-state index is 13.7. The van der Waals surface area contributed by atoms with Gasteiger partial charge in [0.05, 0.1) is 22.8 Å². The first kappa shape index (κ1) is 29.2. The molecule has 1 heterocycles. The van der Waals surface area contributed by atoms with Gasteiger partial charge in [-0.05, 0) is 48.1 Å². The Morgan fingerprint density at radius 3 is 2.15 bits per heavy atom. The fourth-order valence-electron chi connectivity index (χ4n) is 4.38.